The minimum atomic E-state index is 0.131. The highest BCUT2D eigenvalue weighted by Gasteiger charge is 2.21. The molecule has 5 nitrogen and oxygen atoms in total. The molecule has 5 heteroatoms. The van der Waals surface area contributed by atoms with Crippen LogP contribution in [0, 0.1) is 0 Å². The van der Waals surface area contributed by atoms with Gasteiger partial charge in [-0.2, -0.15) is 0 Å². The molecule has 134 valence electrons. The fourth-order valence-electron chi connectivity index (χ4n) is 3.06. The molecule has 0 aromatic heterocycles. The highest BCUT2D eigenvalue weighted by atomic mass is 16.5. The van der Waals surface area contributed by atoms with Crippen LogP contribution in [-0.4, -0.2) is 50.3 Å². The minimum Gasteiger partial charge on any atom is -0.489 e. The van der Waals surface area contributed by atoms with Gasteiger partial charge in [-0.3, -0.25) is 4.79 Å². The molecular weight excluding hydrogens is 304 g/mol. The Balaban J connectivity index is 1.83. The number of para-hydroxylation sites is 2. The number of amides is 1. The lowest BCUT2D eigenvalue weighted by Gasteiger charge is -2.31. The van der Waals surface area contributed by atoms with Gasteiger partial charge in [0.1, 0.15) is 12.4 Å². The van der Waals surface area contributed by atoms with Gasteiger partial charge in [0.05, 0.1) is 18.8 Å². The normalized spacial score (nSPS) is 15.1. The van der Waals surface area contributed by atoms with Crippen LogP contribution in [0.3, 0.4) is 0 Å². The first-order valence-corrected chi connectivity index (χ1v) is 9.01. The van der Waals surface area contributed by atoms with Crippen molar-refractivity contribution in [3.05, 3.63) is 24.3 Å². The SMILES string of the molecule is CCOCCOc1ccccc1NCC(=O)N(C)C1CCCCC1. The molecular formula is C19H30N2O3. The van der Waals surface area contributed by atoms with Crippen LogP contribution in [-0.2, 0) is 9.53 Å². The van der Waals surface area contributed by atoms with Gasteiger partial charge in [0.2, 0.25) is 5.91 Å². The van der Waals surface area contributed by atoms with Gasteiger partial charge in [-0.25, -0.2) is 0 Å². The van der Waals surface area contributed by atoms with E-state index in [1.54, 1.807) is 0 Å². The number of carbonyl (C=O) groups is 1. The van der Waals surface area contributed by atoms with Gasteiger partial charge in [-0.15, -0.1) is 0 Å². The summed E-state index contributed by atoms with van der Waals surface area (Å²) in [6.07, 6.45) is 6.00. The monoisotopic (exact) mass is 334 g/mol. The molecule has 2 rings (SSSR count). The molecule has 1 saturated carbocycles. The quantitative estimate of drug-likeness (QED) is 0.704. The first-order chi connectivity index (χ1) is 11.7. The molecule has 1 amide bonds. The van der Waals surface area contributed by atoms with Crippen molar-refractivity contribution >= 4 is 11.6 Å². The van der Waals surface area contributed by atoms with Crippen LogP contribution >= 0.6 is 0 Å². The van der Waals surface area contributed by atoms with Gasteiger partial charge in [-0.05, 0) is 31.9 Å². The van der Waals surface area contributed by atoms with E-state index in [0.717, 1.165) is 24.3 Å². The molecule has 0 aliphatic heterocycles. The molecule has 24 heavy (non-hydrogen) atoms. The lowest BCUT2D eigenvalue weighted by atomic mass is 9.94. The van der Waals surface area contributed by atoms with Crippen LogP contribution in [0.4, 0.5) is 5.69 Å². The molecule has 0 saturated heterocycles. The van der Waals surface area contributed by atoms with E-state index in [1.165, 1.54) is 19.3 Å². The lowest BCUT2D eigenvalue weighted by molar-refractivity contribution is -0.130. The summed E-state index contributed by atoms with van der Waals surface area (Å²) in [6.45, 7) is 4.00. The Hall–Kier alpha value is -1.75. The van der Waals surface area contributed by atoms with Gasteiger partial charge in [0.15, 0.2) is 0 Å². The third-order valence-corrected chi connectivity index (χ3v) is 4.52. The Kier molecular flexibility index (Phi) is 7.89. The van der Waals surface area contributed by atoms with Gasteiger partial charge in [0, 0.05) is 19.7 Å². The van der Waals surface area contributed by atoms with Gasteiger partial charge >= 0.3 is 0 Å². The van der Waals surface area contributed by atoms with E-state index in [1.807, 2.05) is 43.1 Å². The summed E-state index contributed by atoms with van der Waals surface area (Å²) in [7, 11) is 1.92. The number of nitrogens with one attached hydrogen (secondary N) is 1. The number of anilines is 1. The number of nitrogens with zero attached hydrogens (tertiary/aromatic N) is 1. The van der Waals surface area contributed by atoms with Crippen LogP contribution in [0.2, 0.25) is 0 Å². The van der Waals surface area contributed by atoms with E-state index in [2.05, 4.69) is 5.32 Å². The zero-order chi connectivity index (χ0) is 17.2. The molecule has 0 spiro atoms. The topological polar surface area (TPSA) is 50.8 Å². The lowest BCUT2D eigenvalue weighted by Crippen LogP contribution is -2.41. The summed E-state index contributed by atoms with van der Waals surface area (Å²) in [6, 6.07) is 8.10. The average Bonchev–Trinajstić information content (AvgIpc) is 2.64. The summed E-state index contributed by atoms with van der Waals surface area (Å²) in [4.78, 5) is 14.3. The van der Waals surface area contributed by atoms with Crippen molar-refractivity contribution in [3.8, 4) is 5.75 Å². The van der Waals surface area contributed by atoms with Crippen molar-refractivity contribution in [1.82, 2.24) is 4.90 Å². The fourth-order valence-corrected chi connectivity index (χ4v) is 3.06. The van der Waals surface area contributed by atoms with Crippen LogP contribution in [0.1, 0.15) is 39.0 Å². The van der Waals surface area contributed by atoms with Crippen molar-refractivity contribution in [2.75, 3.05) is 38.7 Å². The number of hydrogen-bond acceptors (Lipinski definition) is 4. The van der Waals surface area contributed by atoms with Crippen molar-refractivity contribution in [2.24, 2.45) is 0 Å². The summed E-state index contributed by atoms with van der Waals surface area (Å²) in [5.41, 5.74) is 0.847. The van der Waals surface area contributed by atoms with Crippen molar-refractivity contribution < 1.29 is 14.3 Å². The highest BCUT2D eigenvalue weighted by Crippen LogP contribution is 2.24. The van der Waals surface area contributed by atoms with Crippen molar-refractivity contribution in [2.45, 2.75) is 45.1 Å². The molecule has 1 aliphatic carbocycles. The smallest absolute Gasteiger partial charge is 0.241 e. The molecule has 0 bridgehead atoms. The Labute approximate surface area is 145 Å². The zero-order valence-electron chi connectivity index (χ0n) is 14.9. The van der Waals surface area contributed by atoms with E-state index >= 15 is 0 Å². The Morgan fingerprint density at radius 3 is 2.71 bits per heavy atom. The molecule has 1 aliphatic rings. The minimum absolute atomic E-state index is 0.131. The van der Waals surface area contributed by atoms with E-state index in [-0.39, 0.29) is 5.91 Å². The van der Waals surface area contributed by atoms with Gasteiger partial charge in [0.25, 0.3) is 0 Å². The summed E-state index contributed by atoms with van der Waals surface area (Å²) in [5.74, 6) is 0.886. The maximum Gasteiger partial charge on any atom is 0.241 e. The largest absolute Gasteiger partial charge is 0.489 e. The zero-order valence-corrected chi connectivity index (χ0v) is 14.9. The number of ether oxygens (including phenoxy) is 2. The molecule has 1 N–H and O–H groups in total. The van der Waals surface area contributed by atoms with Crippen molar-refractivity contribution in [3.63, 3.8) is 0 Å². The predicted molar refractivity (Wildman–Crippen MR) is 96.6 cm³/mol. The second-order valence-corrected chi connectivity index (χ2v) is 6.19. The highest BCUT2D eigenvalue weighted by molar-refractivity contribution is 5.81. The van der Waals surface area contributed by atoms with Gasteiger partial charge in [-0.1, -0.05) is 31.4 Å². The first-order valence-electron chi connectivity index (χ1n) is 9.01. The fraction of sp³-hybridized carbons (Fsp3) is 0.632. The van der Waals surface area contributed by atoms with Gasteiger partial charge < -0.3 is 19.7 Å². The Bertz CT molecular complexity index is 501. The van der Waals surface area contributed by atoms with Crippen LogP contribution in [0.5, 0.6) is 5.75 Å². The molecule has 1 aromatic rings. The summed E-state index contributed by atoms with van der Waals surface area (Å²) >= 11 is 0. The second-order valence-electron chi connectivity index (χ2n) is 6.19. The molecule has 0 unspecified atom stereocenters. The number of rotatable bonds is 9. The van der Waals surface area contributed by atoms with Crippen molar-refractivity contribution in [1.29, 1.82) is 0 Å². The molecule has 0 atom stereocenters. The second kappa shape index (κ2) is 10.2. The third kappa shape index (κ3) is 5.71. The maximum atomic E-state index is 12.4. The standard InChI is InChI=1S/C19H30N2O3/c1-3-23-13-14-24-18-12-8-7-11-17(18)20-15-19(22)21(2)16-9-5-4-6-10-16/h7-8,11-12,16,20H,3-6,9-10,13-15H2,1-2H3. The van der Waals surface area contributed by atoms with E-state index in [4.69, 9.17) is 9.47 Å². The van der Waals surface area contributed by atoms with E-state index < -0.39 is 0 Å². The average molecular weight is 334 g/mol. The molecule has 0 heterocycles. The number of carbonyl (C=O) groups excluding carboxylic acids is 1. The third-order valence-electron chi connectivity index (χ3n) is 4.52. The number of benzene rings is 1. The predicted octanol–water partition coefficient (Wildman–Crippen LogP) is 3.30. The van der Waals surface area contributed by atoms with Crippen LogP contribution in [0.15, 0.2) is 24.3 Å². The Morgan fingerprint density at radius 1 is 1.21 bits per heavy atom. The summed E-state index contributed by atoms with van der Waals surface area (Å²) < 4.78 is 11.0. The Morgan fingerprint density at radius 2 is 1.96 bits per heavy atom. The summed E-state index contributed by atoms with van der Waals surface area (Å²) in [5, 5.41) is 3.22. The maximum absolute atomic E-state index is 12.4. The van der Waals surface area contributed by atoms with Crippen LogP contribution < -0.4 is 10.1 Å². The number of likely N-dealkylation sites (N-methyl/N-ethyl adjacent to an activating group) is 1. The molecule has 1 fully saturated rings. The van der Waals surface area contributed by atoms with Crippen LogP contribution in [0.25, 0.3) is 0 Å². The molecule has 0 radical (unpaired) electrons. The molecule has 1 aromatic carbocycles. The first kappa shape index (κ1) is 18.6. The number of hydrogen-bond donors (Lipinski definition) is 1. The van der Waals surface area contributed by atoms with E-state index in [9.17, 15) is 4.79 Å². The van der Waals surface area contributed by atoms with E-state index in [0.29, 0.717) is 32.4 Å².